The topological polar surface area (TPSA) is 119 Å². The molecule has 0 saturated carbocycles. The van der Waals surface area contributed by atoms with Crippen LogP contribution in [0.2, 0.25) is 0 Å². The second-order valence-corrected chi connectivity index (χ2v) is 9.95. The number of hydrogen-bond acceptors (Lipinski definition) is 7. The number of anilines is 1. The molecule has 10 heteroatoms. The zero-order valence-corrected chi connectivity index (χ0v) is 18.9. The van der Waals surface area contributed by atoms with Crippen molar-refractivity contribution < 1.29 is 13.3 Å². The van der Waals surface area contributed by atoms with E-state index in [0.29, 0.717) is 17.4 Å². The van der Waals surface area contributed by atoms with Crippen molar-refractivity contribution in [2.45, 2.75) is 42.5 Å². The summed E-state index contributed by atoms with van der Waals surface area (Å²) in [4.78, 5) is 11.9. The number of rotatable bonds is 11. The van der Waals surface area contributed by atoms with E-state index in [1.807, 2.05) is 30.3 Å². The van der Waals surface area contributed by atoms with E-state index in [1.165, 1.54) is 12.1 Å². The highest BCUT2D eigenvalue weighted by Crippen LogP contribution is 2.33. The molecule has 0 amide bonds. The number of primary sulfonamides is 1. The van der Waals surface area contributed by atoms with Gasteiger partial charge in [0.05, 0.1) is 15.9 Å². The Kier molecular flexibility index (Phi) is 8.65. The number of thioether (sulfide) groups is 1. The minimum absolute atomic E-state index is 0.0540. The normalized spacial score (nSPS) is 12.7. The molecule has 0 aliphatic heterocycles. The Morgan fingerprint density at radius 3 is 2.37 bits per heavy atom. The number of benzene rings is 2. The average molecular weight is 453 g/mol. The van der Waals surface area contributed by atoms with Gasteiger partial charge in [-0.2, -0.15) is 0 Å². The van der Waals surface area contributed by atoms with Gasteiger partial charge in [-0.05, 0) is 43.0 Å². The van der Waals surface area contributed by atoms with E-state index in [0.717, 1.165) is 23.8 Å². The van der Waals surface area contributed by atoms with Crippen LogP contribution in [0.15, 0.2) is 58.3 Å². The van der Waals surface area contributed by atoms with Gasteiger partial charge in [-0.15, -0.1) is 11.8 Å². The Morgan fingerprint density at radius 1 is 1.17 bits per heavy atom. The van der Waals surface area contributed by atoms with Gasteiger partial charge in [-0.25, -0.2) is 19.0 Å². The minimum atomic E-state index is -4.04. The highest BCUT2D eigenvalue weighted by Gasteiger charge is 2.27. The molecule has 3 N–H and O–H groups in total. The van der Waals surface area contributed by atoms with Crippen molar-refractivity contribution in [2.24, 2.45) is 11.1 Å². The first-order chi connectivity index (χ1) is 14.1. The van der Waals surface area contributed by atoms with Gasteiger partial charge in [0, 0.05) is 23.8 Å². The zero-order valence-electron chi connectivity index (χ0n) is 17.3. The van der Waals surface area contributed by atoms with E-state index in [9.17, 15) is 18.5 Å². The molecule has 2 aromatic carbocycles. The predicted octanol–water partition coefficient (Wildman–Crippen LogP) is 3.78. The lowest BCUT2D eigenvalue weighted by Gasteiger charge is -2.33. The maximum absolute atomic E-state index is 11.7. The van der Waals surface area contributed by atoms with Crippen LogP contribution in [0.3, 0.4) is 0 Å². The summed E-state index contributed by atoms with van der Waals surface area (Å²) in [5, 5.41) is 18.6. The maximum atomic E-state index is 11.7. The van der Waals surface area contributed by atoms with Crippen LogP contribution < -0.4 is 15.6 Å². The predicted molar refractivity (Wildman–Crippen MR) is 121 cm³/mol. The number of nitrogens with one attached hydrogen (secondary N) is 1. The van der Waals surface area contributed by atoms with Crippen molar-refractivity contribution >= 4 is 33.2 Å². The lowest BCUT2D eigenvalue weighted by Crippen LogP contribution is -2.46. The molecule has 30 heavy (non-hydrogen) atoms. The van der Waals surface area contributed by atoms with Crippen LogP contribution in [0.5, 0.6) is 0 Å². The third kappa shape index (κ3) is 6.69. The number of nitrogens with two attached hydrogens (primary N) is 1. The first-order valence-electron chi connectivity index (χ1n) is 9.59. The Labute approximate surface area is 182 Å². The maximum Gasteiger partial charge on any atom is 0.295 e. The second-order valence-electron chi connectivity index (χ2n) is 7.30. The average Bonchev–Trinajstić information content (AvgIpc) is 2.69. The molecule has 0 fully saturated rings. The number of hydrogen-bond donors (Lipinski definition) is 2. The molecule has 1 atom stereocenters. The van der Waals surface area contributed by atoms with E-state index in [2.05, 4.69) is 19.3 Å². The minimum Gasteiger partial charge on any atom is -0.298 e. The Balaban J connectivity index is 2.40. The molecule has 0 heterocycles. The van der Waals surface area contributed by atoms with Gasteiger partial charge in [-0.1, -0.05) is 32.0 Å². The van der Waals surface area contributed by atoms with Crippen LogP contribution in [0.1, 0.15) is 26.7 Å². The van der Waals surface area contributed by atoms with Crippen molar-refractivity contribution in [1.29, 1.82) is 0 Å². The van der Waals surface area contributed by atoms with Crippen LogP contribution in [-0.2, 0) is 10.0 Å². The summed E-state index contributed by atoms with van der Waals surface area (Å²) in [5.74, 6) is 1.18. The van der Waals surface area contributed by atoms with E-state index in [1.54, 1.807) is 23.8 Å². The van der Waals surface area contributed by atoms with Gasteiger partial charge in [0.2, 0.25) is 10.0 Å². The van der Waals surface area contributed by atoms with Gasteiger partial charge in [0.15, 0.2) is 0 Å². The van der Waals surface area contributed by atoms with E-state index in [-0.39, 0.29) is 16.6 Å². The van der Waals surface area contributed by atoms with Crippen LogP contribution in [0, 0.1) is 16.0 Å². The molecule has 1 unspecified atom stereocenters. The largest absolute Gasteiger partial charge is 0.298 e. The molecule has 164 valence electrons. The molecule has 0 saturated heterocycles. The molecule has 0 bridgehead atoms. The molecule has 0 spiro atoms. The summed E-state index contributed by atoms with van der Waals surface area (Å²) in [6, 6.07) is 13.6. The number of hydrazine groups is 1. The molecular weight excluding hydrogens is 424 g/mol. The summed E-state index contributed by atoms with van der Waals surface area (Å²) in [6.07, 6.45) is 1.76. The number of sulfonamides is 1. The quantitative estimate of drug-likeness (QED) is 0.302. The van der Waals surface area contributed by atoms with E-state index < -0.39 is 14.9 Å². The fourth-order valence-corrected chi connectivity index (χ4v) is 4.64. The third-order valence-corrected chi connectivity index (χ3v) is 6.67. The first kappa shape index (κ1) is 24.1. The fraction of sp³-hybridized carbons (Fsp3) is 0.400. The van der Waals surface area contributed by atoms with Gasteiger partial charge in [-0.3, -0.25) is 15.1 Å². The van der Waals surface area contributed by atoms with Gasteiger partial charge >= 0.3 is 0 Å². The zero-order chi connectivity index (χ0) is 22.3. The molecule has 8 nitrogen and oxygen atoms in total. The van der Waals surface area contributed by atoms with Gasteiger partial charge in [0.25, 0.3) is 5.69 Å². The van der Waals surface area contributed by atoms with Crippen molar-refractivity contribution in [1.82, 2.24) is 5.43 Å². The van der Waals surface area contributed by atoms with Crippen molar-refractivity contribution in [3.05, 3.63) is 58.6 Å². The summed E-state index contributed by atoms with van der Waals surface area (Å²) in [5.41, 5.74) is 3.06. The van der Waals surface area contributed by atoms with Crippen molar-refractivity contribution in [3.63, 3.8) is 0 Å². The van der Waals surface area contributed by atoms with Gasteiger partial charge in [0.1, 0.15) is 5.69 Å². The first-order valence-corrected chi connectivity index (χ1v) is 12.1. The monoisotopic (exact) mass is 452 g/mol. The number of nitrogens with zero attached hydrogens (tertiary/aromatic N) is 2. The highest BCUT2D eigenvalue weighted by molar-refractivity contribution is 7.99. The van der Waals surface area contributed by atoms with E-state index >= 15 is 0 Å². The lowest BCUT2D eigenvalue weighted by atomic mass is 10.0. The van der Waals surface area contributed by atoms with Crippen LogP contribution in [-0.4, -0.2) is 32.2 Å². The van der Waals surface area contributed by atoms with Crippen LogP contribution >= 0.6 is 11.8 Å². The van der Waals surface area contributed by atoms with Crippen molar-refractivity contribution in [2.75, 3.05) is 17.8 Å². The Hall–Kier alpha value is -2.14. The fourth-order valence-electron chi connectivity index (χ4n) is 3.05. The SMILES string of the molecule is CNN(c1ccc(S(N)(=O)=O)cc1[N+](=O)[O-])C(CCC(C)C)CSc1ccccc1. The molecule has 0 aromatic heterocycles. The molecule has 0 aliphatic rings. The number of nitro benzene ring substituents is 1. The molecule has 2 aromatic rings. The smallest absolute Gasteiger partial charge is 0.295 e. The Bertz CT molecular complexity index is 953. The third-order valence-electron chi connectivity index (χ3n) is 4.60. The molecule has 0 radical (unpaired) electrons. The molecule has 2 rings (SSSR count). The number of nitro groups is 1. The van der Waals surface area contributed by atoms with Crippen LogP contribution in [0.4, 0.5) is 11.4 Å². The second kappa shape index (κ2) is 10.8. The molecular formula is C20H28N4O4S2. The Morgan fingerprint density at radius 2 is 1.83 bits per heavy atom. The van der Waals surface area contributed by atoms with E-state index in [4.69, 9.17) is 5.14 Å². The summed E-state index contributed by atoms with van der Waals surface area (Å²) in [7, 11) is -2.34. The molecule has 0 aliphatic carbocycles. The summed E-state index contributed by atoms with van der Waals surface area (Å²) < 4.78 is 23.3. The van der Waals surface area contributed by atoms with Gasteiger partial charge < -0.3 is 0 Å². The standard InChI is InChI=1S/C20H28N4O4S2/c1-15(2)9-10-16(14-29-17-7-5-4-6-8-17)23(22-3)19-12-11-18(30(21,27)28)13-20(19)24(25)26/h4-8,11-13,15-16,22H,9-10,14H2,1-3H3,(H2,21,27,28). The van der Waals surface area contributed by atoms with Crippen LogP contribution in [0.25, 0.3) is 0 Å². The van der Waals surface area contributed by atoms with Crippen molar-refractivity contribution in [3.8, 4) is 0 Å². The summed E-state index contributed by atoms with van der Waals surface area (Å²) in [6.45, 7) is 4.27. The summed E-state index contributed by atoms with van der Waals surface area (Å²) >= 11 is 1.67. The highest BCUT2D eigenvalue weighted by atomic mass is 32.2. The lowest BCUT2D eigenvalue weighted by molar-refractivity contribution is -0.384.